The molecule has 0 amide bonds. The minimum atomic E-state index is -2.87. The molecule has 0 aliphatic carbocycles. The molecule has 1 saturated heterocycles. The Balaban J connectivity index is 0.000000980. The molecular weight excluding hydrogens is 329 g/mol. The van der Waals surface area contributed by atoms with Crippen molar-refractivity contribution in [2.24, 2.45) is 5.73 Å². The van der Waals surface area contributed by atoms with Crippen molar-refractivity contribution in [3.8, 4) is 0 Å². The summed E-state index contributed by atoms with van der Waals surface area (Å²) in [5.41, 5.74) is 5.51. The average Bonchev–Trinajstić information content (AvgIpc) is 2.40. The molecule has 13 heteroatoms. The Hall–Kier alpha value is -0.790. The lowest BCUT2D eigenvalue weighted by Gasteiger charge is -2.43. The smallest absolute Gasteiger partial charge is 0.477 e. The van der Waals surface area contributed by atoms with E-state index in [1.807, 2.05) is 0 Å². The fourth-order valence-corrected chi connectivity index (χ4v) is 1.75. The first-order valence-electron chi connectivity index (χ1n) is 5.85. The van der Waals surface area contributed by atoms with Crippen molar-refractivity contribution in [1.29, 1.82) is 0 Å². The Labute approximate surface area is 125 Å². The van der Waals surface area contributed by atoms with Crippen LogP contribution in [-0.2, 0) is 14.1 Å². The summed E-state index contributed by atoms with van der Waals surface area (Å²) < 4.78 is 13.5. The van der Waals surface area contributed by atoms with E-state index in [0.29, 0.717) is 0 Å². The molecule has 10 N–H and O–H groups in total. The molecule has 6 atom stereocenters. The first kappa shape index (κ1) is 21.2. The molecule has 1 rings (SSSR count). The maximum atomic E-state index is 10.8. The van der Waals surface area contributed by atoms with Gasteiger partial charge in [0.1, 0.15) is 18.3 Å². The van der Waals surface area contributed by atoms with E-state index in [9.17, 15) is 25.2 Å². The lowest BCUT2D eigenvalue weighted by Crippen LogP contribution is -2.65. The van der Waals surface area contributed by atoms with Crippen LogP contribution in [0.15, 0.2) is 0 Å². The zero-order valence-electron chi connectivity index (χ0n) is 11.1. The van der Waals surface area contributed by atoms with E-state index in [1.54, 1.807) is 0 Å². The molecule has 1 aliphatic rings. The highest BCUT2D eigenvalue weighted by atomic mass is 31.1. The van der Waals surface area contributed by atoms with Gasteiger partial charge in [0.15, 0.2) is 0 Å². The maximum absolute atomic E-state index is 10.8. The Morgan fingerprint density at radius 2 is 1.86 bits per heavy atom. The van der Waals surface area contributed by atoms with Crippen molar-refractivity contribution in [2.45, 2.75) is 42.7 Å². The summed E-state index contributed by atoms with van der Waals surface area (Å²) in [6, 6.07) is -1.21. The third kappa shape index (κ3) is 5.78. The van der Waals surface area contributed by atoms with Crippen LogP contribution in [0.4, 0.5) is 0 Å². The fraction of sp³-hybridized carbons (Fsp3) is 0.889. The van der Waals surface area contributed by atoms with E-state index in [2.05, 4.69) is 0 Å². The molecule has 1 fully saturated rings. The van der Waals surface area contributed by atoms with Crippen LogP contribution in [0.1, 0.15) is 6.42 Å². The van der Waals surface area contributed by atoms with Gasteiger partial charge in [0.2, 0.25) is 0 Å². The lowest BCUT2D eigenvalue weighted by molar-refractivity contribution is -0.292. The number of hydrogen-bond donors (Lipinski definition) is 9. The number of aliphatic hydroxyl groups is 5. The van der Waals surface area contributed by atoms with Crippen molar-refractivity contribution in [2.75, 3.05) is 6.61 Å². The van der Waals surface area contributed by atoms with Gasteiger partial charge in [-0.15, -0.1) is 9.79 Å². The molecule has 0 saturated carbocycles. The second kappa shape index (κ2) is 8.74. The molecule has 12 nitrogen and oxygen atoms in total. The zero-order valence-corrected chi connectivity index (χ0v) is 12.0. The third-order valence-corrected chi connectivity index (χ3v) is 2.89. The summed E-state index contributed by atoms with van der Waals surface area (Å²) in [7, 11) is -2.87. The van der Waals surface area contributed by atoms with E-state index in [-0.39, 0.29) is 0 Å². The van der Waals surface area contributed by atoms with Crippen LogP contribution in [0, 0.1) is 0 Å². The van der Waals surface area contributed by atoms with Crippen LogP contribution in [0.25, 0.3) is 0 Å². The number of carboxylic acid groups (broad SMARTS) is 1. The first-order valence-corrected chi connectivity index (χ1v) is 7.02. The van der Waals surface area contributed by atoms with E-state index in [1.165, 1.54) is 0 Å². The Morgan fingerprint density at radius 1 is 1.41 bits per heavy atom. The highest BCUT2D eigenvalue weighted by molar-refractivity contribution is 7.30. The quantitative estimate of drug-likeness (QED) is 0.219. The molecule has 0 radical (unpaired) electrons. The number of carboxylic acids is 1. The van der Waals surface area contributed by atoms with Gasteiger partial charge in [0, 0.05) is 11.0 Å². The second-order valence-corrected chi connectivity index (χ2v) is 5.02. The number of carbonyl (C=O) groups is 1. The van der Waals surface area contributed by atoms with Gasteiger partial charge in [0.05, 0.1) is 18.8 Å². The number of ether oxygens (including phenoxy) is 1. The van der Waals surface area contributed by atoms with Crippen LogP contribution in [0.5, 0.6) is 0 Å². The zero-order chi connectivity index (χ0) is 17.7. The number of aliphatic carboxylic acids is 1. The van der Waals surface area contributed by atoms with Crippen molar-refractivity contribution in [3.05, 3.63) is 0 Å². The molecule has 22 heavy (non-hydrogen) atoms. The molecule has 1 aliphatic heterocycles. The van der Waals surface area contributed by atoms with Gasteiger partial charge < -0.3 is 41.1 Å². The largest absolute Gasteiger partial charge is 0.692 e. The molecular formula is C9H19NO11P+. The molecule has 3 unspecified atom stereocenters. The maximum Gasteiger partial charge on any atom is 0.692 e. The molecule has 0 aromatic carbocycles. The second-order valence-electron chi connectivity index (χ2n) is 4.51. The normalized spacial score (nSPS) is 34.1. The van der Waals surface area contributed by atoms with E-state index < -0.39 is 63.5 Å². The standard InChI is InChI=1S/C9H17NO8.HO3P/c10-5-3(12)1-9(17,8(15)16)18-7(5)6(14)4(13)2-11;1-4(2)3/h3-7,11-14,17H,1-2,10H2,(H,15,16);(H-,1,2,3)/p+1/t3-,4?,5+,6?,7+,9?;/m0./s1. The summed E-state index contributed by atoms with van der Waals surface area (Å²) in [6.07, 6.45) is -7.01. The summed E-state index contributed by atoms with van der Waals surface area (Å²) in [5, 5.41) is 55.5. The Morgan fingerprint density at radius 3 is 2.23 bits per heavy atom. The highest BCUT2D eigenvalue weighted by Crippen LogP contribution is 2.29. The third-order valence-electron chi connectivity index (χ3n) is 2.89. The minimum Gasteiger partial charge on any atom is -0.477 e. The van der Waals surface area contributed by atoms with Crippen molar-refractivity contribution < 1.29 is 54.5 Å². The van der Waals surface area contributed by atoms with Crippen LogP contribution in [-0.4, -0.2) is 89.2 Å². The number of rotatable bonds is 4. The summed E-state index contributed by atoms with van der Waals surface area (Å²) >= 11 is 0. The molecule has 1 heterocycles. The summed E-state index contributed by atoms with van der Waals surface area (Å²) in [4.78, 5) is 25.1. The topological polar surface area (TPSA) is 231 Å². The van der Waals surface area contributed by atoms with Gasteiger partial charge in [-0.2, -0.15) is 0 Å². The van der Waals surface area contributed by atoms with Crippen LogP contribution in [0.3, 0.4) is 0 Å². The van der Waals surface area contributed by atoms with Crippen molar-refractivity contribution in [3.63, 3.8) is 0 Å². The Kier molecular flexibility index (Phi) is 8.43. The van der Waals surface area contributed by atoms with Crippen LogP contribution in [0.2, 0.25) is 0 Å². The molecule has 0 aromatic rings. The van der Waals surface area contributed by atoms with Crippen molar-refractivity contribution in [1.82, 2.24) is 0 Å². The summed E-state index contributed by atoms with van der Waals surface area (Å²) in [5.74, 6) is -4.44. The van der Waals surface area contributed by atoms with Gasteiger partial charge in [-0.1, -0.05) is 0 Å². The number of nitrogens with two attached hydrogens (primary N) is 1. The molecule has 0 bridgehead atoms. The minimum absolute atomic E-state index is 0.665. The van der Waals surface area contributed by atoms with Gasteiger partial charge in [-0.25, -0.2) is 4.79 Å². The molecule has 0 aromatic heterocycles. The highest BCUT2D eigenvalue weighted by Gasteiger charge is 2.52. The van der Waals surface area contributed by atoms with Gasteiger partial charge in [0.25, 0.3) is 5.79 Å². The SMILES string of the molecule is N[C@@H]1[C@@H](O)CC(O)(C(=O)O)O[C@H]1C(O)C(O)CO.O=[P+](O)O. The predicted octanol–water partition coefficient (Wildman–Crippen LogP) is -4.42. The lowest BCUT2D eigenvalue weighted by atomic mass is 9.89. The van der Waals surface area contributed by atoms with E-state index in [4.69, 9.17) is 35.0 Å². The Bertz CT molecular complexity index is 392. The van der Waals surface area contributed by atoms with Gasteiger partial charge >= 0.3 is 14.2 Å². The van der Waals surface area contributed by atoms with Gasteiger partial charge in [-0.3, -0.25) is 0 Å². The molecule has 0 spiro atoms. The summed E-state index contributed by atoms with van der Waals surface area (Å²) in [6.45, 7) is -0.810. The molecule has 130 valence electrons. The van der Waals surface area contributed by atoms with Crippen LogP contribution < -0.4 is 5.73 Å². The monoisotopic (exact) mass is 348 g/mol. The van der Waals surface area contributed by atoms with E-state index in [0.717, 1.165) is 0 Å². The van der Waals surface area contributed by atoms with Gasteiger partial charge in [-0.05, 0) is 0 Å². The van der Waals surface area contributed by atoms with Crippen LogP contribution >= 0.6 is 8.25 Å². The fourth-order valence-electron chi connectivity index (χ4n) is 1.75. The van der Waals surface area contributed by atoms with Crippen molar-refractivity contribution >= 4 is 14.2 Å². The number of hydrogen-bond acceptors (Lipinski definition) is 9. The average molecular weight is 348 g/mol. The van der Waals surface area contributed by atoms with E-state index >= 15 is 0 Å². The predicted molar refractivity (Wildman–Crippen MR) is 67.2 cm³/mol. The number of aliphatic hydroxyl groups excluding tert-OH is 4. The first-order chi connectivity index (χ1) is 9.96.